The van der Waals surface area contributed by atoms with Gasteiger partial charge in [0.1, 0.15) is 10.4 Å². The van der Waals surface area contributed by atoms with Crippen LogP contribution < -0.4 is 11.1 Å². The van der Waals surface area contributed by atoms with Crippen molar-refractivity contribution in [3.63, 3.8) is 0 Å². The van der Waals surface area contributed by atoms with Gasteiger partial charge in [-0.2, -0.15) is 5.10 Å². The molecule has 0 amide bonds. The Balaban J connectivity index is 1.71. The minimum Gasteiger partial charge on any atom is -0.381 e. The van der Waals surface area contributed by atoms with Crippen LogP contribution >= 0.6 is 15.9 Å². The number of nitrogens with zero attached hydrogens (tertiary/aromatic N) is 5. The van der Waals surface area contributed by atoms with E-state index in [1.54, 1.807) is 23.1 Å². The highest BCUT2D eigenvalue weighted by Gasteiger charge is 2.16. The Morgan fingerprint density at radius 1 is 1.14 bits per heavy atom. The summed E-state index contributed by atoms with van der Waals surface area (Å²) in [5.74, 6) is 0.288. The summed E-state index contributed by atoms with van der Waals surface area (Å²) in [5.41, 5.74) is 8.80. The van der Waals surface area contributed by atoms with Crippen molar-refractivity contribution in [2.24, 2.45) is 7.05 Å². The lowest BCUT2D eigenvalue weighted by atomic mass is 10.0. The number of anilines is 2. The van der Waals surface area contributed by atoms with Gasteiger partial charge in [0.25, 0.3) is 0 Å². The first kappa shape index (κ1) is 18.3. The van der Waals surface area contributed by atoms with E-state index in [-0.39, 0.29) is 17.7 Å². The average Bonchev–Trinajstić information content (AvgIpc) is 3.10. The fourth-order valence-corrected chi connectivity index (χ4v) is 3.27. The number of pyridine rings is 1. The molecule has 0 aliphatic rings. The molecule has 142 valence electrons. The zero-order valence-electron chi connectivity index (χ0n) is 15.2. The highest BCUT2D eigenvalue weighted by molar-refractivity contribution is 9.10. The number of hydrogen-bond donors (Lipinski definition) is 2. The molecule has 1 atom stereocenters. The van der Waals surface area contributed by atoms with Gasteiger partial charge in [0.15, 0.2) is 11.6 Å². The lowest BCUT2D eigenvalue weighted by Gasteiger charge is -2.17. The number of fused-ring (bicyclic) bond motifs is 1. The molecule has 0 saturated heterocycles. The molecule has 0 spiro atoms. The number of aromatic nitrogens is 5. The third-order valence-electron chi connectivity index (χ3n) is 4.43. The van der Waals surface area contributed by atoms with Gasteiger partial charge in [-0.1, -0.05) is 0 Å². The molecule has 3 N–H and O–H groups in total. The van der Waals surface area contributed by atoms with E-state index in [9.17, 15) is 4.39 Å². The lowest BCUT2D eigenvalue weighted by Crippen LogP contribution is -2.12. The predicted octanol–water partition coefficient (Wildman–Crippen LogP) is 4.08. The Hall–Kier alpha value is -3.07. The monoisotopic (exact) mass is 441 g/mol. The molecule has 4 rings (SSSR count). The van der Waals surface area contributed by atoms with Crippen molar-refractivity contribution in [1.82, 2.24) is 24.7 Å². The molecule has 4 aromatic rings. The van der Waals surface area contributed by atoms with Crippen molar-refractivity contribution in [2.75, 3.05) is 11.1 Å². The number of nitrogen functional groups attached to an aromatic ring is 1. The molecule has 1 unspecified atom stereocenters. The third kappa shape index (κ3) is 3.53. The molecule has 0 aliphatic carbocycles. The minimum absolute atomic E-state index is 0.247. The van der Waals surface area contributed by atoms with Gasteiger partial charge < -0.3 is 11.1 Å². The van der Waals surface area contributed by atoms with Gasteiger partial charge in [-0.05, 0) is 35.0 Å². The Labute approximate surface area is 169 Å². The summed E-state index contributed by atoms with van der Waals surface area (Å²) in [6.45, 7) is 1.84. The van der Waals surface area contributed by atoms with Crippen LogP contribution in [-0.4, -0.2) is 24.7 Å². The SMILES string of the molecule is CC(Nc1nc(Br)cnc1N)c1cc2cc(-c3cnn(C)c3)cnc2cc1F. The number of nitrogens with one attached hydrogen (secondary N) is 1. The van der Waals surface area contributed by atoms with Crippen LogP contribution in [0.5, 0.6) is 0 Å². The van der Waals surface area contributed by atoms with E-state index in [0.29, 0.717) is 21.5 Å². The Kier molecular flexibility index (Phi) is 4.68. The summed E-state index contributed by atoms with van der Waals surface area (Å²) in [6, 6.07) is 4.82. The second-order valence-electron chi connectivity index (χ2n) is 6.49. The van der Waals surface area contributed by atoms with Crippen LogP contribution in [0.3, 0.4) is 0 Å². The number of hydrogen-bond acceptors (Lipinski definition) is 6. The van der Waals surface area contributed by atoms with Gasteiger partial charge in [0.05, 0.1) is 24.0 Å². The molecule has 3 heterocycles. The molecule has 0 fully saturated rings. The second-order valence-corrected chi connectivity index (χ2v) is 7.30. The van der Waals surface area contributed by atoms with E-state index >= 15 is 0 Å². The topological polar surface area (TPSA) is 94.5 Å². The Morgan fingerprint density at radius 3 is 2.71 bits per heavy atom. The lowest BCUT2D eigenvalue weighted by molar-refractivity contribution is 0.602. The minimum atomic E-state index is -0.377. The van der Waals surface area contributed by atoms with Crippen molar-refractivity contribution in [1.29, 1.82) is 0 Å². The van der Waals surface area contributed by atoms with Crippen molar-refractivity contribution >= 4 is 38.5 Å². The van der Waals surface area contributed by atoms with Crippen molar-refractivity contribution < 1.29 is 4.39 Å². The molecule has 9 heteroatoms. The van der Waals surface area contributed by atoms with E-state index in [2.05, 4.69) is 41.3 Å². The molecule has 3 aromatic heterocycles. The van der Waals surface area contributed by atoms with E-state index in [4.69, 9.17) is 5.73 Å². The summed E-state index contributed by atoms with van der Waals surface area (Å²) in [6.07, 6.45) is 6.91. The Bertz CT molecular complexity index is 1170. The fourth-order valence-electron chi connectivity index (χ4n) is 2.99. The number of halogens is 2. The van der Waals surface area contributed by atoms with Gasteiger partial charge in [-0.25, -0.2) is 14.4 Å². The van der Waals surface area contributed by atoms with Crippen LogP contribution in [0.1, 0.15) is 18.5 Å². The summed E-state index contributed by atoms with van der Waals surface area (Å²) in [7, 11) is 1.86. The molecular formula is C19H17BrFN7. The van der Waals surface area contributed by atoms with Gasteiger partial charge in [0.2, 0.25) is 0 Å². The van der Waals surface area contributed by atoms with Crippen LogP contribution in [-0.2, 0) is 7.05 Å². The molecule has 0 aliphatic heterocycles. The second kappa shape index (κ2) is 7.16. The van der Waals surface area contributed by atoms with E-state index < -0.39 is 0 Å². The molecule has 0 bridgehead atoms. The number of rotatable bonds is 4. The van der Waals surface area contributed by atoms with Gasteiger partial charge in [-0.3, -0.25) is 9.67 Å². The van der Waals surface area contributed by atoms with E-state index in [1.807, 2.05) is 26.2 Å². The van der Waals surface area contributed by atoms with Crippen molar-refractivity contribution in [3.05, 3.63) is 59.0 Å². The number of benzene rings is 1. The summed E-state index contributed by atoms with van der Waals surface area (Å²) in [5, 5.41) is 8.14. The first-order valence-electron chi connectivity index (χ1n) is 8.53. The first-order valence-corrected chi connectivity index (χ1v) is 9.33. The van der Waals surface area contributed by atoms with Crippen molar-refractivity contribution in [3.8, 4) is 11.1 Å². The normalized spacial score (nSPS) is 12.3. The quantitative estimate of drug-likeness (QED) is 0.495. The summed E-state index contributed by atoms with van der Waals surface area (Å²) in [4.78, 5) is 12.7. The van der Waals surface area contributed by atoms with Crippen LogP contribution in [0, 0.1) is 5.82 Å². The van der Waals surface area contributed by atoms with Gasteiger partial charge in [-0.15, -0.1) is 0 Å². The van der Waals surface area contributed by atoms with Crippen LogP contribution in [0.15, 0.2) is 47.6 Å². The number of nitrogens with two attached hydrogens (primary N) is 1. The fraction of sp³-hybridized carbons (Fsp3) is 0.158. The number of aryl methyl sites for hydroxylation is 1. The molecule has 0 saturated carbocycles. The van der Waals surface area contributed by atoms with Crippen LogP contribution in [0.4, 0.5) is 16.0 Å². The van der Waals surface area contributed by atoms with E-state index in [0.717, 1.165) is 16.5 Å². The van der Waals surface area contributed by atoms with Crippen LogP contribution in [0.2, 0.25) is 0 Å². The highest BCUT2D eigenvalue weighted by Crippen LogP contribution is 2.29. The molecule has 28 heavy (non-hydrogen) atoms. The maximum atomic E-state index is 14.7. The summed E-state index contributed by atoms with van der Waals surface area (Å²) >= 11 is 3.26. The Morgan fingerprint density at radius 2 is 1.96 bits per heavy atom. The standard InChI is InChI=1S/C19H17BrFN7/c1-10(26-19-18(22)24-8-17(20)27-19)14-4-11-3-12(13-7-25-28(2)9-13)6-23-16(11)5-15(14)21/h3-10H,1-2H3,(H2,22,24)(H,26,27). The first-order chi connectivity index (χ1) is 13.4. The molecule has 7 nitrogen and oxygen atoms in total. The zero-order chi connectivity index (χ0) is 19.8. The zero-order valence-corrected chi connectivity index (χ0v) is 16.8. The third-order valence-corrected chi connectivity index (χ3v) is 4.81. The predicted molar refractivity (Wildman–Crippen MR) is 110 cm³/mol. The average molecular weight is 442 g/mol. The van der Waals surface area contributed by atoms with Crippen LogP contribution in [0.25, 0.3) is 22.0 Å². The molecule has 1 aromatic carbocycles. The summed E-state index contributed by atoms with van der Waals surface area (Å²) < 4.78 is 17.0. The maximum Gasteiger partial charge on any atom is 0.170 e. The maximum absolute atomic E-state index is 14.7. The van der Waals surface area contributed by atoms with E-state index in [1.165, 1.54) is 12.3 Å². The van der Waals surface area contributed by atoms with Gasteiger partial charge in [0, 0.05) is 47.6 Å². The van der Waals surface area contributed by atoms with Gasteiger partial charge >= 0.3 is 0 Å². The molecular weight excluding hydrogens is 425 g/mol. The smallest absolute Gasteiger partial charge is 0.170 e. The highest BCUT2D eigenvalue weighted by atomic mass is 79.9. The molecule has 0 radical (unpaired) electrons. The largest absolute Gasteiger partial charge is 0.381 e. The van der Waals surface area contributed by atoms with Crippen molar-refractivity contribution in [2.45, 2.75) is 13.0 Å².